The Morgan fingerprint density at radius 2 is 1.55 bits per heavy atom. The Morgan fingerprint density at radius 3 is 1.90 bits per heavy atom. The van der Waals surface area contributed by atoms with Gasteiger partial charge in [0.1, 0.15) is 0 Å². The quantitative estimate of drug-likeness (QED) is 0.536. The largest absolute Gasteiger partial charge is 0.473 e. The summed E-state index contributed by atoms with van der Waals surface area (Å²) < 4.78 is 0. The van der Waals surface area contributed by atoms with Crippen molar-refractivity contribution in [1.29, 1.82) is 0 Å². The van der Waals surface area contributed by atoms with E-state index in [0.717, 1.165) is 25.0 Å². The van der Waals surface area contributed by atoms with E-state index in [1.807, 2.05) is 0 Å². The van der Waals surface area contributed by atoms with Crippen molar-refractivity contribution in [1.82, 2.24) is 4.90 Å². The topological polar surface area (TPSA) is 124 Å². The molecule has 2 rings (SSSR count). The van der Waals surface area contributed by atoms with Gasteiger partial charge in [0, 0.05) is 31.3 Å². The maximum Gasteiger partial charge on any atom is 0.414 e. The second-order valence-corrected chi connectivity index (χ2v) is 5.04. The van der Waals surface area contributed by atoms with Crippen LogP contribution in [0.4, 0.5) is 0 Å². The van der Waals surface area contributed by atoms with Crippen LogP contribution in [0.2, 0.25) is 0 Å². The SMILES string of the molecule is Cl.NC1C[C@H]2CC[C@@H](C1)N2CCCO.O=C(O)C(=O)O. The molecule has 118 valence electrons. The van der Waals surface area contributed by atoms with Crippen molar-refractivity contribution in [2.24, 2.45) is 5.73 Å². The second-order valence-electron chi connectivity index (χ2n) is 5.04. The number of hydrogen-bond donors (Lipinski definition) is 4. The Kier molecular flexibility index (Phi) is 8.71. The standard InChI is InChI=1S/C10H20N2O.C2H2O4.ClH/c11-8-6-9-2-3-10(7-8)12(9)4-1-5-13;3-1(4)2(5)6;/h8-10,13H,1-7,11H2;(H,3,4)(H,5,6);1H/t8?,9-,10+;;. The number of hydrogen-bond acceptors (Lipinski definition) is 5. The Morgan fingerprint density at radius 1 is 1.10 bits per heavy atom. The van der Waals surface area contributed by atoms with Crippen LogP contribution in [0.15, 0.2) is 0 Å². The van der Waals surface area contributed by atoms with Crippen molar-refractivity contribution in [3.8, 4) is 0 Å². The number of rotatable bonds is 3. The molecule has 0 spiro atoms. The Hall–Kier alpha value is -0.890. The summed E-state index contributed by atoms with van der Waals surface area (Å²) in [4.78, 5) is 20.8. The van der Waals surface area contributed by atoms with E-state index in [4.69, 9.17) is 30.6 Å². The first-order chi connectivity index (χ1) is 8.95. The summed E-state index contributed by atoms with van der Waals surface area (Å²) in [6.45, 7) is 1.39. The third-order valence-corrected chi connectivity index (χ3v) is 3.68. The zero-order chi connectivity index (χ0) is 14.4. The minimum atomic E-state index is -1.82. The van der Waals surface area contributed by atoms with E-state index in [0.29, 0.717) is 12.6 Å². The molecule has 0 aromatic carbocycles. The highest BCUT2D eigenvalue weighted by Gasteiger charge is 2.38. The van der Waals surface area contributed by atoms with E-state index in [1.165, 1.54) is 25.7 Å². The van der Waals surface area contributed by atoms with E-state index < -0.39 is 11.9 Å². The molecule has 3 atom stereocenters. The van der Waals surface area contributed by atoms with E-state index in [-0.39, 0.29) is 12.4 Å². The van der Waals surface area contributed by atoms with Gasteiger partial charge in [0.15, 0.2) is 0 Å². The van der Waals surface area contributed by atoms with Crippen LogP contribution in [0, 0.1) is 0 Å². The smallest absolute Gasteiger partial charge is 0.414 e. The highest BCUT2D eigenvalue weighted by molar-refractivity contribution is 6.27. The van der Waals surface area contributed by atoms with Gasteiger partial charge < -0.3 is 21.1 Å². The van der Waals surface area contributed by atoms with Crippen LogP contribution in [0.1, 0.15) is 32.1 Å². The summed E-state index contributed by atoms with van der Waals surface area (Å²) in [6.07, 6.45) is 5.90. The molecular formula is C12H23ClN2O5. The number of nitrogens with two attached hydrogens (primary N) is 1. The summed E-state index contributed by atoms with van der Waals surface area (Å²) >= 11 is 0. The van der Waals surface area contributed by atoms with Gasteiger partial charge in [0.2, 0.25) is 0 Å². The number of piperidine rings is 1. The van der Waals surface area contributed by atoms with Crippen LogP contribution in [-0.4, -0.2) is 63.4 Å². The number of carbonyl (C=O) groups is 2. The lowest BCUT2D eigenvalue weighted by atomic mass is 9.98. The molecule has 5 N–H and O–H groups in total. The molecule has 1 unspecified atom stereocenters. The second kappa shape index (κ2) is 9.12. The highest BCUT2D eigenvalue weighted by Crippen LogP contribution is 2.34. The van der Waals surface area contributed by atoms with E-state index in [1.54, 1.807) is 0 Å². The van der Waals surface area contributed by atoms with Crippen LogP contribution in [0.25, 0.3) is 0 Å². The fraction of sp³-hybridized carbons (Fsp3) is 0.833. The Labute approximate surface area is 124 Å². The molecule has 2 bridgehead atoms. The third kappa shape index (κ3) is 5.62. The van der Waals surface area contributed by atoms with Gasteiger partial charge in [-0.15, -0.1) is 12.4 Å². The van der Waals surface area contributed by atoms with E-state index in [2.05, 4.69) is 4.90 Å². The van der Waals surface area contributed by atoms with E-state index >= 15 is 0 Å². The zero-order valence-electron chi connectivity index (χ0n) is 11.3. The molecule has 0 aromatic heterocycles. The summed E-state index contributed by atoms with van der Waals surface area (Å²) in [5, 5.41) is 23.6. The minimum Gasteiger partial charge on any atom is -0.473 e. The molecule has 2 saturated heterocycles. The molecule has 2 aliphatic rings. The fourth-order valence-corrected chi connectivity index (χ4v) is 2.93. The van der Waals surface area contributed by atoms with Gasteiger partial charge in [-0.2, -0.15) is 0 Å². The summed E-state index contributed by atoms with van der Waals surface area (Å²) in [5.74, 6) is -3.65. The summed E-state index contributed by atoms with van der Waals surface area (Å²) in [6, 6.07) is 1.88. The molecule has 0 aliphatic carbocycles. The molecule has 8 heteroatoms. The molecule has 20 heavy (non-hydrogen) atoms. The number of aliphatic carboxylic acids is 2. The molecule has 0 amide bonds. The van der Waals surface area contributed by atoms with Gasteiger partial charge in [0.05, 0.1) is 0 Å². The van der Waals surface area contributed by atoms with Gasteiger partial charge in [0.25, 0.3) is 0 Å². The first kappa shape index (κ1) is 19.1. The van der Waals surface area contributed by atoms with Crippen LogP contribution < -0.4 is 5.73 Å². The van der Waals surface area contributed by atoms with Crippen molar-refractivity contribution in [2.45, 2.75) is 50.2 Å². The molecule has 0 aromatic rings. The van der Waals surface area contributed by atoms with Gasteiger partial charge in [-0.3, -0.25) is 4.90 Å². The predicted octanol–water partition coefficient (Wildman–Crippen LogP) is -0.0997. The van der Waals surface area contributed by atoms with Crippen LogP contribution >= 0.6 is 12.4 Å². The van der Waals surface area contributed by atoms with Gasteiger partial charge >= 0.3 is 11.9 Å². The van der Waals surface area contributed by atoms with Crippen molar-refractivity contribution >= 4 is 24.3 Å². The summed E-state index contributed by atoms with van der Waals surface area (Å²) in [7, 11) is 0. The number of aliphatic hydroxyl groups is 1. The molecule has 7 nitrogen and oxygen atoms in total. The average Bonchev–Trinajstić information content (AvgIpc) is 2.57. The lowest BCUT2D eigenvalue weighted by Gasteiger charge is -2.37. The van der Waals surface area contributed by atoms with Crippen LogP contribution in [-0.2, 0) is 9.59 Å². The van der Waals surface area contributed by atoms with Crippen LogP contribution in [0.5, 0.6) is 0 Å². The molecule has 2 aliphatic heterocycles. The van der Waals surface area contributed by atoms with E-state index in [9.17, 15) is 0 Å². The number of carboxylic acid groups (broad SMARTS) is 2. The lowest BCUT2D eigenvalue weighted by Crippen LogP contribution is -2.47. The number of aliphatic hydroxyl groups excluding tert-OH is 1. The normalized spacial score (nSPS) is 28.0. The lowest BCUT2D eigenvalue weighted by molar-refractivity contribution is -0.159. The molecular weight excluding hydrogens is 288 g/mol. The van der Waals surface area contributed by atoms with Crippen molar-refractivity contribution in [3.05, 3.63) is 0 Å². The Balaban J connectivity index is 0.000000448. The number of fused-ring (bicyclic) bond motifs is 2. The monoisotopic (exact) mass is 310 g/mol. The van der Waals surface area contributed by atoms with Gasteiger partial charge in [-0.1, -0.05) is 0 Å². The first-order valence-electron chi connectivity index (χ1n) is 6.54. The number of halogens is 1. The maximum atomic E-state index is 9.10. The Bertz CT molecular complexity index is 303. The average molecular weight is 311 g/mol. The predicted molar refractivity (Wildman–Crippen MR) is 74.9 cm³/mol. The van der Waals surface area contributed by atoms with Crippen molar-refractivity contribution in [2.75, 3.05) is 13.2 Å². The first-order valence-corrected chi connectivity index (χ1v) is 6.54. The maximum absolute atomic E-state index is 9.10. The van der Waals surface area contributed by atoms with Crippen molar-refractivity contribution < 1.29 is 24.9 Å². The molecule has 0 radical (unpaired) electrons. The van der Waals surface area contributed by atoms with Gasteiger partial charge in [-0.25, -0.2) is 9.59 Å². The third-order valence-electron chi connectivity index (χ3n) is 3.68. The molecule has 0 saturated carbocycles. The fourth-order valence-electron chi connectivity index (χ4n) is 2.93. The molecule has 2 heterocycles. The highest BCUT2D eigenvalue weighted by atomic mass is 35.5. The van der Waals surface area contributed by atoms with Crippen molar-refractivity contribution in [3.63, 3.8) is 0 Å². The number of nitrogens with zero attached hydrogens (tertiary/aromatic N) is 1. The summed E-state index contributed by atoms with van der Waals surface area (Å²) in [5.41, 5.74) is 5.97. The number of carboxylic acids is 2. The zero-order valence-corrected chi connectivity index (χ0v) is 12.1. The van der Waals surface area contributed by atoms with Crippen LogP contribution in [0.3, 0.4) is 0 Å². The van der Waals surface area contributed by atoms with Gasteiger partial charge in [-0.05, 0) is 32.1 Å². The minimum absolute atomic E-state index is 0. The molecule has 2 fully saturated rings.